The van der Waals surface area contributed by atoms with E-state index in [4.69, 9.17) is 0 Å². The average molecular weight is 225 g/mol. The van der Waals surface area contributed by atoms with Crippen molar-refractivity contribution in [1.82, 2.24) is 4.90 Å². The predicted molar refractivity (Wildman–Crippen MR) is 64.1 cm³/mol. The second-order valence-electron chi connectivity index (χ2n) is 5.03. The van der Waals surface area contributed by atoms with Gasteiger partial charge in [-0.1, -0.05) is 26.2 Å². The van der Waals surface area contributed by atoms with E-state index in [1.165, 1.54) is 32.1 Å². The van der Waals surface area contributed by atoms with Gasteiger partial charge in [-0.3, -0.25) is 4.79 Å². The van der Waals surface area contributed by atoms with E-state index < -0.39 is 0 Å². The molecule has 1 rings (SSSR count). The standard InChI is InChI=1S/C13H23NO2/c1-11(8-9-15)13(16)14(2)10-12-6-4-3-5-7-12/h9,11-12H,3-8,10H2,1-2H3. The van der Waals surface area contributed by atoms with Gasteiger partial charge in [0, 0.05) is 25.9 Å². The summed E-state index contributed by atoms with van der Waals surface area (Å²) < 4.78 is 0. The zero-order chi connectivity index (χ0) is 12.0. The molecule has 1 amide bonds. The average Bonchev–Trinajstić information content (AvgIpc) is 2.29. The van der Waals surface area contributed by atoms with Gasteiger partial charge in [0.05, 0.1) is 0 Å². The van der Waals surface area contributed by atoms with Crippen molar-refractivity contribution in [3.63, 3.8) is 0 Å². The van der Waals surface area contributed by atoms with Gasteiger partial charge in [0.1, 0.15) is 6.29 Å². The van der Waals surface area contributed by atoms with Gasteiger partial charge in [-0.2, -0.15) is 0 Å². The number of rotatable bonds is 5. The first kappa shape index (κ1) is 13.2. The van der Waals surface area contributed by atoms with Crippen LogP contribution in [0.15, 0.2) is 0 Å². The van der Waals surface area contributed by atoms with Crippen LogP contribution >= 0.6 is 0 Å². The summed E-state index contributed by atoms with van der Waals surface area (Å²) >= 11 is 0. The zero-order valence-corrected chi connectivity index (χ0v) is 10.4. The smallest absolute Gasteiger partial charge is 0.225 e. The molecule has 3 heteroatoms. The zero-order valence-electron chi connectivity index (χ0n) is 10.4. The molecule has 1 unspecified atom stereocenters. The Morgan fingerprint density at radius 2 is 2.00 bits per heavy atom. The number of carbonyl (C=O) groups is 2. The van der Waals surface area contributed by atoms with Crippen molar-refractivity contribution in [3.8, 4) is 0 Å². The molecule has 0 radical (unpaired) electrons. The SMILES string of the molecule is CC(CC=O)C(=O)N(C)CC1CCCCC1. The van der Waals surface area contributed by atoms with Crippen LogP contribution in [0, 0.1) is 11.8 Å². The molecule has 0 aromatic rings. The van der Waals surface area contributed by atoms with Crippen LogP contribution in [0.5, 0.6) is 0 Å². The second-order valence-corrected chi connectivity index (χ2v) is 5.03. The fraction of sp³-hybridized carbons (Fsp3) is 0.846. The Morgan fingerprint density at radius 1 is 1.38 bits per heavy atom. The van der Waals surface area contributed by atoms with Crippen LogP contribution in [-0.4, -0.2) is 30.7 Å². The lowest BCUT2D eigenvalue weighted by molar-refractivity contribution is -0.135. The molecule has 0 aromatic carbocycles. The van der Waals surface area contributed by atoms with Crippen molar-refractivity contribution in [3.05, 3.63) is 0 Å². The van der Waals surface area contributed by atoms with Crippen LogP contribution in [0.2, 0.25) is 0 Å². The molecule has 92 valence electrons. The van der Waals surface area contributed by atoms with Gasteiger partial charge >= 0.3 is 0 Å². The summed E-state index contributed by atoms with van der Waals surface area (Å²) in [6.45, 7) is 2.69. The van der Waals surface area contributed by atoms with Gasteiger partial charge < -0.3 is 9.69 Å². The topological polar surface area (TPSA) is 37.4 Å². The first-order chi connectivity index (χ1) is 7.65. The molecule has 1 saturated carbocycles. The van der Waals surface area contributed by atoms with Crippen molar-refractivity contribution < 1.29 is 9.59 Å². The lowest BCUT2D eigenvalue weighted by atomic mass is 9.89. The minimum Gasteiger partial charge on any atom is -0.345 e. The van der Waals surface area contributed by atoms with Crippen LogP contribution in [0.4, 0.5) is 0 Å². The second kappa shape index (κ2) is 6.66. The van der Waals surface area contributed by atoms with E-state index in [1.54, 1.807) is 0 Å². The van der Waals surface area contributed by atoms with Gasteiger partial charge in [0.2, 0.25) is 5.91 Å². The summed E-state index contributed by atoms with van der Waals surface area (Å²) in [5, 5.41) is 0. The first-order valence-electron chi connectivity index (χ1n) is 6.33. The minimum atomic E-state index is -0.161. The van der Waals surface area contributed by atoms with Crippen molar-refractivity contribution in [2.45, 2.75) is 45.4 Å². The molecule has 1 fully saturated rings. The van der Waals surface area contributed by atoms with Crippen molar-refractivity contribution in [2.24, 2.45) is 11.8 Å². The van der Waals surface area contributed by atoms with E-state index in [1.807, 2.05) is 18.9 Å². The maximum absolute atomic E-state index is 11.9. The third-order valence-electron chi connectivity index (χ3n) is 3.50. The van der Waals surface area contributed by atoms with Crippen LogP contribution in [-0.2, 0) is 9.59 Å². The maximum Gasteiger partial charge on any atom is 0.225 e. The maximum atomic E-state index is 11.9. The van der Waals surface area contributed by atoms with Crippen LogP contribution in [0.3, 0.4) is 0 Å². The summed E-state index contributed by atoms with van der Waals surface area (Å²) in [6, 6.07) is 0. The normalized spacial score (nSPS) is 19.1. The molecular formula is C13H23NO2. The number of hydrogen-bond acceptors (Lipinski definition) is 2. The van der Waals surface area contributed by atoms with E-state index in [2.05, 4.69) is 0 Å². The summed E-state index contributed by atoms with van der Waals surface area (Å²) in [6.07, 6.45) is 7.62. The monoisotopic (exact) mass is 225 g/mol. The van der Waals surface area contributed by atoms with E-state index >= 15 is 0 Å². The molecule has 0 aromatic heterocycles. The molecule has 0 heterocycles. The Hall–Kier alpha value is -0.860. The van der Waals surface area contributed by atoms with E-state index in [9.17, 15) is 9.59 Å². The van der Waals surface area contributed by atoms with Gasteiger partial charge in [0.15, 0.2) is 0 Å². The molecule has 0 saturated heterocycles. The molecule has 0 N–H and O–H groups in total. The summed E-state index contributed by atoms with van der Waals surface area (Å²) in [5.74, 6) is 0.620. The highest BCUT2D eigenvalue weighted by atomic mass is 16.2. The largest absolute Gasteiger partial charge is 0.345 e. The number of nitrogens with zero attached hydrogens (tertiary/aromatic N) is 1. The fourth-order valence-corrected chi connectivity index (χ4v) is 2.47. The summed E-state index contributed by atoms with van der Waals surface area (Å²) in [4.78, 5) is 24.0. The van der Waals surface area contributed by atoms with Crippen molar-refractivity contribution in [1.29, 1.82) is 0 Å². The molecule has 1 aliphatic carbocycles. The lowest BCUT2D eigenvalue weighted by Crippen LogP contribution is -2.36. The predicted octanol–water partition coefficient (Wildman–Crippen LogP) is 2.25. The highest BCUT2D eigenvalue weighted by Gasteiger charge is 2.21. The van der Waals surface area contributed by atoms with Crippen molar-refractivity contribution in [2.75, 3.05) is 13.6 Å². The molecule has 0 aliphatic heterocycles. The van der Waals surface area contributed by atoms with Crippen LogP contribution in [0.1, 0.15) is 45.4 Å². The van der Waals surface area contributed by atoms with Crippen molar-refractivity contribution >= 4 is 12.2 Å². The summed E-state index contributed by atoms with van der Waals surface area (Å²) in [7, 11) is 1.86. The Labute approximate surface area is 98.2 Å². The summed E-state index contributed by atoms with van der Waals surface area (Å²) in [5.41, 5.74) is 0. The van der Waals surface area contributed by atoms with Gasteiger partial charge in [-0.05, 0) is 18.8 Å². The highest BCUT2D eigenvalue weighted by molar-refractivity contribution is 5.80. The number of aldehydes is 1. The van der Waals surface area contributed by atoms with Gasteiger partial charge in [-0.15, -0.1) is 0 Å². The molecule has 0 spiro atoms. The first-order valence-corrected chi connectivity index (χ1v) is 6.33. The minimum absolute atomic E-state index is 0.109. The van der Waals surface area contributed by atoms with E-state index in [0.29, 0.717) is 12.3 Å². The Bertz CT molecular complexity index is 234. The van der Waals surface area contributed by atoms with Gasteiger partial charge in [0.25, 0.3) is 0 Å². The third kappa shape index (κ3) is 3.95. The molecule has 3 nitrogen and oxygen atoms in total. The Kier molecular flexibility index (Phi) is 5.50. The number of hydrogen-bond donors (Lipinski definition) is 0. The van der Waals surface area contributed by atoms with Gasteiger partial charge in [-0.25, -0.2) is 0 Å². The highest BCUT2D eigenvalue weighted by Crippen LogP contribution is 2.24. The molecule has 16 heavy (non-hydrogen) atoms. The van der Waals surface area contributed by atoms with E-state index in [-0.39, 0.29) is 11.8 Å². The van der Waals surface area contributed by atoms with Crippen LogP contribution < -0.4 is 0 Å². The Morgan fingerprint density at radius 3 is 2.56 bits per heavy atom. The number of carbonyl (C=O) groups excluding carboxylic acids is 2. The third-order valence-corrected chi connectivity index (χ3v) is 3.50. The molecule has 1 atom stereocenters. The van der Waals surface area contributed by atoms with Crippen LogP contribution in [0.25, 0.3) is 0 Å². The molecule has 1 aliphatic rings. The lowest BCUT2D eigenvalue weighted by Gasteiger charge is -2.28. The Balaban J connectivity index is 2.34. The fourth-order valence-electron chi connectivity index (χ4n) is 2.47. The number of amides is 1. The quantitative estimate of drug-likeness (QED) is 0.673. The van der Waals surface area contributed by atoms with E-state index in [0.717, 1.165) is 12.8 Å². The molecule has 0 bridgehead atoms. The molecular weight excluding hydrogens is 202 g/mol.